The Kier molecular flexibility index (Phi) is 5.20. The van der Waals surface area contributed by atoms with E-state index in [1.807, 2.05) is 0 Å². The van der Waals surface area contributed by atoms with Crippen LogP contribution in [0.25, 0.3) is 0 Å². The van der Waals surface area contributed by atoms with Crippen LogP contribution in [0, 0.1) is 16.7 Å². The van der Waals surface area contributed by atoms with Gasteiger partial charge in [-0.15, -0.1) is 0 Å². The Morgan fingerprint density at radius 3 is 2.20 bits per heavy atom. The molecular formula is C22H41N3. The molecule has 1 spiro atoms. The summed E-state index contributed by atoms with van der Waals surface area (Å²) in [6.45, 7) is 14.3. The molecule has 0 N–H and O–H groups in total. The topological polar surface area (TPSA) is 9.72 Å². The van der Waals surface area contributed by atoms with E-state index in [4.69, 9.17) is 0 Å². The predicted octanol–water partition coefficient (Wildman–Crippen LogP) is 3.69. The van der Waals surface area contributed by atoms with Crippen molar-refractivity contribution < 1.29 is 0 Å². The monoisotopic (exact) mass is 347 g/mol. The van der Waals surface area contributed by atoms with Crippen molar-refractivity contribution in [2.75, 3.05) is 52.9 Å². The van der Waals surface area contributed by atoms with Gasteiger partial charge in [-0.1, -0.05) is 33.1 Å². The molecule has 0 bridgehead atoms. The highest BCUT2D eigenvalue weighted by Crippen LogP contribution is 2.52. The lowest BCUT2D eigenvalue weighted by atomic mass is 9.72. The van der Waals surface area contributed by atoms with Crippen molar-refractivity contribution in [2.24, 2.45) is 16.7 Å². The zero-order chi connectivity index (χ0) is 17.5. The van der Waals surface area contributed by atoms with Gasteiger partial charge in [0.05, 0.1) is 0 Å². The first kappa shape index (κ1) is 18.3. The van der Waals surface area contributed by atoms with Gasteiger partial charge >= 0.3 is 0 Å². The average Bonchev–Trinajstić information content (AvgIpc) is 3.30. The average molecular weight is 348 g/mol. The lowest BCUT2D eigenvalue weighted by molar-refractivity contribution is -0.0637. The van der Waals surface area contributed by atoms with Crippen LogP contribution < -0.4 is 0 Å². The van der Waals surface area contributed by atoms with E-state index in [1.165, 1.54) is 97.2 Å². The highest BCUT2D eigenvalue weighted by Gasteiger charge is 2.48. The third-order valence-corrected chi connectivity index (χ3v) is 8.04. The van der Waals surface area contributed by atoms with Crippen molar-refractivity contribution in [2.45, 2.75) is 71.3 Å². The molecule has 1 atom stereocenters. The van der Waals surface area contributed by atoms with Gasteiger partial charge in [0, 0.05) is 38.8 Å². The number of likely N-dealkylation sites (tertiary alicyclic amines) is 3. The molecule has 3 heterocycles. The molecular weight excluding hydrogens is 306 g/mol. The normalized spacial score (nSPS) is 30.8. The zero-order valence-corrected chi connectivity index (χ0v) is 17.1. The fourth-order valence-corrected chi connectivity index (χ4v) is 6.23. The van der Waals surface area contributed by atoms with Crippen molar-refractivity contribution in [3.63, 3.8) is 0 Å². The van der Waals surface area contributed by atoms with Crippen LogP contribution >= 0.6 is 0 Å². The summed E-state index contributed by atoms with van der Waals surface area (Å²) >= 11 is 0. The summed E-state index contributed by atoms with van der Waals surface area (Å²) < 4.78 is 0. The zero-order valence-electron chi connectivity index (χ0n) is 17.1. The molecule has 0 aromatic heterocycles. The summed E-state index contributed by atoms with van der Waals surface area (Å²) in [5, 5.41) is 0. The maximum atomic E-state index is 2.82. The van der Waals surface area contributed by atoms with E-state index in [0.717, 1.165) is 17.4 Å². The van der Waals surface area contributed by atoms with Crippen LogP contribution in [0.4, 0.5) is 0 Å². The molecule has 4 rings (SSSR count). The molecule has 3 saturated heterocycles. The Morgan fingerprint density at radius 2 is 1.68 bits per heavy atom. The molecule has 144 valence electrons. The lowest BCUT2D eigenvalue weighted by Crippen LogP contribution is -2.65. The Hall–Kier alpha value is -0.120. The minimum atomic E-state index is 0.710. The van der Waals surface area contributed by atoms with Crippen molar-refractivity contribution in [3.8, 4) is 0 Å². The summed E-state index contributed by atoms with van der Waals surface area (Å²) in [5.74, 6) is 0.989. The van der Waals surface area contributed by atoms with Gasteiger partial charge in [0.15, 0.2) is 0 Å². The second kappa shape index (κ2) is 7.13. The standard InChI is InChI=1S/C22H41N3/c1-4-6-19(5-2)13-21(7-8-21)18-24-14-20(15-24)25-11-9-22(10-12-25)16-23(3)17-22/h19-20H,4-18H2,1-3H3. The largest absolute Gasteiger partial charge is 0.305 e. The summed E-state index contributed by atoms with van der Waals surface area (Å²) in [4.78, 5) is 8.11. The van der Waals surface area contributed by atoms with E-state index in [0.29, 0.717) is 5.41 Å². The van der Waals surface area contributed by atoms with Crippen molar-refractivity contribution in [3.05, 3.63) is 0 Å². The summed E-state index contributed by atoms with van der Waals surface area (Å²) in [5.41, 5.74) is 1.44. The number of piperidine rings is 1. The molecule has 1 saturated carbocycles. The van der Waals surface area contributed by atoms with Crippen LogP contribution in [0.15, 0.2) is 0 Å². The van der Waals surface area contributed by atoms with Gasteiger partial charge in [0.1, 0.15) is 0 Å². The molecule has 0 radical (unpaired) electrons. The van der Waals surface area contributed by atoms with Crippen LogP contribution in [-0.4, -0.2) is 73.6 Å². The summed E-state index contributed by atoms with van der Waals surface area (Å²) in [6.07, 6.45) is 11.6. The molecule has 4 aliphatic rings. The van der Waals surface area contributed by atoms with Crippen LogP contribution in [0.3, 0.4) is 0 Å². The molecule has 3 heteroatoms. The van der Waals surface area contributed by atoms with E-state index in [9.17, 15) is 0 Å². The third kappa shape index (κ3) is 3.94. The van der Waals surface area contributed by atoms with Crippen LogP contribution in [0.2, 0.25) is 0 Å². The fraction of sp³-hybridized carbons (Fsp3) is 1.00. The van der Waals surface area contributed by atoms with Crippen molar-refractivity contribution >= 4 is 0 Å². The lowest BCUT2D eigenvalue weighted by Gasteiger charge is -2.56. The molecule has 1 aliphatic carbocycles. The predicted molar refractivity (Wildman–Crippen MR) is 106 cm³/mol. The van der Waals surface area contributed by atoms with Crippen molar-refractivity contribution in [1.29, 1.82) is 0 Å². The molecule has 3 nitrogen and oxygen atoms in total. The van der Waals surface area contributed by atoms with E-state index in [-0.39, 0.29) is 0 Å². The SMILES string of the molecule is CCCC(CC)CC1(CN2CC(N3CCC4(CC3)CN(C)C4)C2)CC1. The van der Waals surface area contributed by atoms with Crippen LogP contribution in [0.5, 0.6) is 0 Å². The first-order valence-corrected chi connectivity index (χ1v) is 11.2. The Balaban J connectivity index is 1.17. The fourth-order valence-electron chi connectivity index (χ4n) is 6.23. The molecule has 0 amide bonds. The molecule has 4 fully saturated rings. The second-order valence-corrected chi connectivity index (χ2v) is 10.3. The Labute approximate surface area is 156 Å². The van der Waals surface area contributed by atoms with E-state index >= 15 is 0 Å². The highest BCUT2D eigenvalue weighted by atomic mass is 15.3. The van der Waals surface area contributed by atoms with E-state index in [1.54, 1.807) is 0 Å². The minimum absolute atomic E-state index is 0.710. The number of hydrogen-bond donors (Lipinski definition) is 0. The van der Waals surface area contributed by atoms with Gasteiger partial charge in [0.2, 0.25) is 0 Å². The van der Waals surface area contributed by atoms with Gasteiger partial charge in [0.25, 0.3) is 0 Å². The second-order valence-electron chi connectivity index (χ2n) is 10.3. The maximum absolute atomic E-state index is 2.82. The highest BCUT2D eigenvalue weighted by molar-refractivity contribution is 5.02. The van der Waals surface area contributed by atoms with Crippen LogP contribution in [-0.2, 0) is 0 Å². The van der Waals surface area contributed by atoms with Crippen LogP contribution in [0.1, 0.15) is 65.2 Å². The third-order valence-electron chi connectivity index (χ3n) is 8.04. The summed E-state index contributed by atoms with van der Waals surface area (Å²) in [6, 6.07) is 0.878. The van der Waals surface area contributed by atoms with Crippen molar-refractivity contribution in [1.82, 2.24) is 14.7 Å². The smallest absolute Gasteiger partial charge is 0.0350 e. The first-order valence-electron chi connectivity index (χ1n) is 11.2. The molecule has 3 aliphatic heterocycles. The van der Waals surface area contributed by atoms with Gasteiger partial charge in [-0.25, -0.2) is 0 Å². The van der Waals surface area contributed by atoms with Gasteiger partial charge in [-0.3, -0.25) is 9.80 Å². The summed E-state index contributed by atoms with van der Waals surface area (Å²) in [7, 11) is 2.28. The Morgan fingerprint density at radius 1 is 1.00 bits per heavy atom. The van der Waals surface area contributed by atoms with E-state index < -0.39 is 0 Å². The quantitative estimate of drug-likeness (QED) is 0.663. The number of nitrogens with zero attached hydrogens (tertiary/aromatic N) is 3. The van der Waals surface area contributed by atoms with E-state index in [2.05, 4.69) is 35.6 Å². The molecule has 0 aromatic rings. The Bertz CT molecular complexity index is 436. The maximum Gasteiger partial charge on any atom is 0.0350 e. The molecule has 25 heavy (non-hydrogen) atoms. The first-order chi connectivity index (χ1) is 12.1. The molecule has 1 unspecified atom stereocenters. The minimum Gasteiger partial charge on any atom is -0.305 e. The van der Waals surface area contributed by atoms with Gasteiger partial charge < -0.3 is 4.90 Å². The van der Waals surface area contributed by atoms with Gasteiger partial charge in [-0.2, -0.15) is 0 Å². The molecule has 0 aromatic carbocycles. The number of hydrogen-bond acceptors (Lipinski definition) is 3. The number of rotatable bonds is 8. The van der Waals surface area contributed by atoms with Gasteiger partial charge in [-0.05, 0) is 69.0 Å².